The van der Waals surface area contributed by atoms with Crippen LogP contribution in [0.15, 0.2) is 12.3 Å². The monoisotopic (exact) mass is 226 g/mol. The zero-order valence-corrected chi connectivity index (χ0v) is 8.27. The van der Waals surface area contributed by atoms with Crippen molar-refractivity contribution < 1.29 is 9.90 Å². The minimum absolute atomic E-state index is 0.0258. The van der Waals surface area contributed by atoms with Crippen LogP contribution in [0.3, 0.4) is 0 Å². The number of carboxylic acid groups (broad SMARTS) is 1. The molecule has 2 heterocycles. The standard InChI is InChI=1S/C8H7ClN4O2/c9-6-4-1-2-13(3-5(14)15)7(4)12-8(10)11-6/h1-2H,3H2,(H,14,15)(H2,10,11,12). The molecule has 0 radical (unpaired) electrons. The number of halogens is 1. The fourth-order valence-corrected chi connectivity index (χ4v) is 1.55. The number of nitrogens with two attached hydrogens (primary N) is 1. The Morgan fingerprint density at radius 2 is 2.33 bits per heavy atom. The molecular weight excluding hydrogens is 220 g/mol. The molecule has 0 atom stereocenters. The number of hydrogen-bond acceptors (Lipinski definition) is 4. The van der Waals surface area contributed by atoms with Crippen LogP contribution in [0.1, 0.15) is 0 Å². The normalized spacial score (nSPS) is 10.7. The van der Waals surface area contributed by atoms with Crippen LogP contribution in [-0.4, -0.2) is 25.6 Å². The average molecular weight is 227 g/mol. The number of carbonyl (C=O) groups is 1. The number of aromatic nitrogens is 3. The Bertz CT molecular complexity index is 537. The highest BCUT2D eigenvalue weighted by Crippen LogP contribution is 2.21. The van der Waals surface area contributed by atoms with Gasteiger partial charge < -0.3 is 15.4 Å². The molecule has 3 N–H and O–H groups in total. The van der Waals surface area contributed by atoms with Crippen LogP contribution in [0.5, 0.6) is 0 Å². The van der Waals surface area contributed by atoms with E-state index in [0.29, 0.717) is 11.0 Å². The van der Waals surface area contributed by atoms with Gasteiger partial charge in [0, 0.05) is 6.20 Å². The second kappa shape index (κ2) is 3.39. The summed E-state index contributed by atoms with van der Waals surface area (Å²) in [6.45, 7) is -0.184. The van der Waals surface area contributed by atoms with E-state index in [4.69, 9.17) is 22.4 Å². The lowest BCUT2D eigenvalue weighted by atomic mass is 10.4. The molecule has 0 aliphatic heterocycles. The molecule has 0 saturated carbocycles. The highest BCUT2D eigenvalue weighted by atomic mass is 35.5. The highest BCUT2D eigenvalue weighted by Gasteiger charge is 2.10. The van der Waals surface area contributed by atoms with Crippen LogP contribution < -0.4 is 5.73 Å². The zero-order chi connectivity index (χ0) is 11.0. The van der Waals surface area contributed by atoms with Crippen molar-refractivity contribution >= 4 is 34.6 Å². The predicted molar refractivity (Wildman–Crippen MR) is 54.6 cm³/mol. The number of hydrogen-bond donors (Lipinski definition) is 2. The number of aliphatic carboxylic acids is 1. The summed E-state index contributed by atoms with van der Waals surface area (Å²) in [5.41, 5.74) is 5.84. The molecule has 78 valence electrons. The van der Waals surface area contributed by atoms with Gasteiger partial charge in [0.15, 0.2) is 0 Å². The van der Waals surface area contributed by atoms with Gasteiger partial charge in [-0.2, -0.15) is 4.98 Å². The summed E-state index contributed by atoms with van der Waals surface area (Å²) in [7, 11) is 0. The van der Waals surface area contributed by atoms with Crippen LogP contribution in [0.4, 0.5) is 5.95 Å². The number of nitrogens with zero attached hydrogens (tertiary/aromatic N) is 3. The molecule has 0 aromatic carbocycles. The minimum Gasteiger partial charge on any atom is -0.480 e. The molecule has 0 saturated heterocycles. The van der Waals surface area contributed by atoms with Gasteiger partial charge >= 0.3 is 5.97 Å². The smallest absolute Gasteiger partial charge is 0.323 e. The lowest BCUT2D eigenvalue weighted by Gasteiger charge is -2.01. The second-order valence-electron chi connectivity index (χ2n) is 2.95. The van der Waals surface area contributed by atoms with E-state index in [-0.39, 0.29) is 17.6 Å². The molecule has 7 heteroatoms. The molecule has 0 unspecified atom stereocenters. The Morgan fingerprint density at radius 3 is 3.00 bits per heavy atom. The van der Waals surface area contributed by atoms with Crippen molar-refractivity contribution in [1.82, 2.24) is 14.5 Å². The van der Waals surface area contributed by atoms with Crippen molar-refractivity contribution in [2.75, 3.05) is 5.73 Å². The number of carboxylic acids is 1. The molecule has 0 spiro atoms. The van der Waals surface area contributed by atoms with Crippen LogP contribution in [-0.2, 0) is 11.3 Å². The van der Waals surface area contributed by atoms with Crippen molar-refractivity contribution in [3.8, 4) is 0 Å². The minimum atomic E-state index is -0.958. The Kier molecular flexibility index (Phi) is 2.20. The zero-order valence-electron chi connectivity index (χ0n) is 7.51. The van der Waals surface area contributed by atoms with Gasteiger partial charge in [-0.25, -0.2) is 4.98 Å². The van der Waals surface area contributed by atoms with Gasteiger partial charge in [0.25, 0.3) is 0 Å². The lowest BCUT2D eigenvalue weighted by molar-refractivity contribution is -0.137. The molecule has 15 heavy (non-hydrogen) atoms. The Balaban J connectivity index is 2.63. The lowest BCUT2D eigenvalue weighted by Crippen LogP contribution is -2.08. The van der Waals surface area contributed by atoms with Crippen LogP contribution in [0, 0.1) is 0 Å². The summed E-state index contributed by atoms with van der Waals surface area (Å²) in [6, 6.07) is 1.65. The van der Waals surface area contributed by atoms with Crippen molar-refractivity contribution in [1.29, 1.82) is 0 Å². The third-order valence-corrected chi connectivity index (χ3v) is 2.18. The molecule has 6 nitrogen and oxygen atoms in total. The van der Waals surface area contributed by atoms with E-state index >= 15 is 0 Å². The van der Waals surface area contributed by atoms with Crippen LogP contribution in [0.2, 0.25) is 5.15 Å². The third-order valence-electron chi connectivity index (χ3n) is 1.90. The second-order valence-corrected chi connectivity index (χ2v) is 3.31. The summed E-state index contributed by atoms with van der Waals surface area (Å²) in [5, 5.41) is 9.47. The molecule has 0 bridgehead atoms. The van der Waals surface area contributed by atoms with Gasteiger partial charge in [0.2, 0.25) is 5.95 Å². The number of anilines is 1. The Morgan fingerprint density at radius 1 is 1.60 bits per heavy atom. The molecule has 2 aromatic heterocycles. The molecule has 0 aliphatic rings. The summed E-state index contributed by atoms with van der Waals surface area (Å²) in [5.74, 6) is -0.932. The van der Waals surface area contributed by atoms with E-state index < -0.39 is 5.97 Å². The maximum atomic E-state index is 10.6. The van der Waals surface area contributed by atoms with Gasteiger partial charge in [-0.15, -0.1) is 0 Å². The number of rotatable bonds is 2. The first-order chi connectivity index (χ1) is 7.08. The quantitative estimate of drug-likeness (QED) is 0.737. The van der Waals surface area contributed by atoms with Crippen molar-refractivity contribution in [2.24, 2.45) is 0 Å². The van der Waals surface area contributed by atoms with E-state index in [1.165, 1.54) is 4.57 Å². The van der Waals surface area contributed by atoms with E-state index in [9.17, 15) is 4.79 Å². The maximum absolute atomic E-state index is 10.6. The molecule has 0 amide bonds. The van der Waals surface area contributed by atoms with Gasteiger partial charge in [0.05, 0.1) is 5.39 Å². The average Bonchev–Trinajstić information content (AvgIpc) is 2.48. The van der Waals surface area contributed by atoms with E-state index in [2.05, 4.69) is 9.97 Å². The van der Waals surface area contributed by atoms with Gasteiger partial charge in [-0.05, 0) is 6.07 Å². The predicted octanol–water partition coefficient (Wildman–Crippen LogP) is 0.751. The highest BCUT2D eigenvalue weighted by molar-refractivity contribution is 6.34. The number of nitrogen functional groups attached to an aromatic ring is 1. The maximum Gasteiger partial charge on any atom is 0.323 e. The van der Waals surface area contributed by atoms with E-state index in [0.717, 1.165) is 0 Å². The fourth-order valence-electron chi connectivity index (χ4n) is 1.32. The van der Waals surface area contributed by atoms with Gasteiger partial charge in [-0.3, -0.25) is 4.79 Å². The van der Waals surface area contributed by atoms with E-state index in [1.807, 2.05) is 0 Å². The first-order valence-electron chi connectivity index (χ1n) is 4.07. The first-order valence-corrected chi connectivity index (χ1v) is 4.45. The summed E-state index contributed by atoms with van der Waals surface area (Å²) in [4.78, 5) is 18.2. The van der Waals surface area contributed by atoms with Crippen LogP contribution in [0.25, 0.3) is 11.0 Å². The topological polar surface area (TPSA) is 94.0 Å². The fraction of sp³-hybridized carbons (Fsp3) is 0.125. The van der Waals surface area contributed by atoms with Crippen molar-refractivity contribution in [2.45, 2.75) is 6.54 Å². The largest absolute Gasteiger partial charge is 0.480 e. The molecule has 0 fully saturated rings. The Labute approximate surface area is 89.3 Å². The summed E-state index contributed by atoms with van der Waals surface area (Å²) < 4.78 is 1.45. The first kappa shape index (κ1) is 9.72. The van der Waals surface area contributed by atoms with Crippen molar-refractivity contribution in [3.63, 3.8) is 0 Å². The van der Waals surface area contributed by atoms with E-state index in [1.54, 1.807) is 12.3 Å². The molecule has 2 aromatic rings. The van der Waals surface area contributed by atoms with Crippen LogP contribution >= 0.6 is 11.6 Å². The van der Waals surface area contributed by atoms with Gasteiger partial charge in [0.1, 0.15) is 17.3 Å². The molecule has 2 rings (SSSR count). The third kappa shape index (κ3) is 1.71. The van der Waals surface area contributed by atoms with Gasteiger partial charge in [-0.1, -0.05) is 11.6 Å². The Hall–Kier alpha value is -1.82. The molecule has 0 aliphatic carbocycles. The molecular formula is C8H7ClN4O2. The van der Waals surface area contributed by atoms with Crippen molar-refractivity contribution in [3.05, 3.63) is 17.4 Å². The number of fused-ring (bicyclic) bond motifs is 1. The summed E-state index contributed by atoms with van der Waals surface area (Å²) >= 11 is 5.82. The SMILES string of the molecule is Nc1nc(Cl)c2ccn(CC(=O)O)c2n1. The summed E-state index contributed by atoms with van der Waals surface area (Å²) in [6.07, 6.45) is 1.58.